The molecule has 0 aliphatic carbocycles. The molecule has 0 fully saturated rings. The summed E-state index contributed by atoms with van der Waals surface area (Å²) in [7, 11) is 3.27. The molecular weight excluding hydrogens is 294 g/mol. The number of β-amino-alcohol motifs (C(OH)–C–C–N with tert-alkyl or cyclic N) is 1. The zero-order chi connectivity index (χ0) is 16.6. The molecule has 0 bridgehead atoms. The van der Waals surface area contributed by atoms with Crippen LogP contribution in [0.3, 0.4) is 0 Å². The minimum atomic E-state index is -0.600. The van der Waals surface area contributed by atoms with Gasteiger partial charge in [0, 0.05) is 36.3 Å². The van der Waals surface area contributed by atoms with Crippen LogP contribution in [0.4, 0.5) is 0 Å². The summed E-state index contributed by atoms with van der Waals surface area (Å²) in [6.45, 7) is 5.92. The van der Waals surface area contributed by atoms with Crippen molar-refractivity contribution in [2.24, 2.45) is 0 Å². The van der Waals surface area contributed by atoms with Crippen LogP contribution >= 0.6 is 0 Å². The molecule has 1 atom stereocenters. The predicted octanol–water partition coefficient (Wildman–Crippen LogP) is 2.96. The molecule has 0 saturated carbocycles. The van der Waals surface area contributed by atoms with Crippen LogP contribution in [0.25, 0.3) is 0 Å². The summed E-state index contributed by atoms with van der Waals surface area (Å²) in [6.07, 6.45) is -0.600. The maximum atomic E-state index is 10.6. The van der Waals surface area contributed by atoms with Gasteiger partial charge in [0.2, 0.25) is 0 Å². The Bertz CT molecular complexity index is 707. The molecule has 1 aliphatic rings. The van der Waals surface area contributed by atoms with Crippen molar-refractivity contribution in [3.05, 3.63) is 46.4 Å². The molecule has 1 aromatic carbocycles. The van der Waals surface area contributed by atoms with E-state index in [1.54, 1.807) is 14.2 Å². The topological polar surface area (TPSA) is 55.1 Å². The van der Waals surface area contributed by atoms with E-state index in [0.29, 0.717) is 18.8 Å². The Balaban J connectivity index is 1.92. The zero-order valence-electron chi connectivity index (χ0n) is 14.0. The van der Waals surface area contributed by atoms with E-state index in [1.165, 1.54) is 0 Å². The van der Waals surface area contributed by atoms with Gasteiger partial charge in [-0.15, -0.1) is 0 Å². The fourth-order valence-electron chi connectivity index (χ4n) is 3.35. The van der Waals surface area contributed by atoms with E-state index in [2.05, 4.69) is 11.0 Å². The van der Waals surface area contributed by atoms with Crippen molar-refractivity contribution in [1.82, 2.24) is 4.90 Å². The zero-order valence-corrected chi connectivity index (χ0v) is 14.0. The molecule has 5 heteroatoms. The van der Waals surface area contributed by atoms with Crippen LogP contribution in [0.5, 0.6) is 11.5 Å². The lowest BCUT2D eigenvalue weighted by Gasteiger charge is -2.33. The first-order valence-corrected chi connectivity index (χ1v) is 7.73. The standard InChI is InChI=1S/C18H23NO4/c1-11-7-13(12(2)23-11)8-19-9-14-16(21-3)5-6-17(22-4)18(14)15(20)10-19/h5-7,15,20H,8-10H2,1-4H3. The third-order valence-corrected chi connectivity index (χ3v) is 4.40. The summed E-state index contributed by atoms with van der Waals surface area (Å²) in [4.78, 5) is 2.20. The van der Waals surface area contributed by atoms with Crippen molar-refractivity contribution in [3.8, 4) is 11.5 Å². The first-order chi connectivity index (χ1) is 11.0. The maximum Gasteiger partial charge on any atom is 0.125 e. The van der Waals surface area contributed by atoms with E-state index in [-0.39, 0.29) is 0 Å². The van der Waals surface area contributed by atoms with Gasteiger partial charge >= 0.3 is 0 Å². The SMILES string of the molecule is COc1ccc(OC)c2c1CN(Cc1cc(C)oc1C)CC2O. The highest BCUT2D eigenvalue weighted by Gasteiger charge is 2.30. The van der Waals surface area contributed by atoms with Gasteiger partial charge in [-0.05, 0) is 32.0 Å². The highest BCUT2D eigenvalue weighted by molar-refractivity contribution is 5.51. The van der Waals surface area contributed by atoms with E-state index >= 15 is 0 Å². The van der Waals surface area contributed by atoms with Gasteiger partial charge in [0.25, 0.3) is 0 Å². The molecular formula is C18H23NO4. The predicted molar refractivity (Wildman–Crippen MR) is 86.8 cm³/mol. The van der Waals surface area contributed by atoms with Crippen molar-refractivity contribution in [2.75, 3.05) is 20.8 Å². The number of benzene rings is 1. The molecule has 1 N–H and O–H groups in total. The molecule has 23 heavy (non-hydrogen) atoms. The second-order valence-corrected chi connectivity index (χ2v) is 5.99. The average molecular weight is 317 g/mol. The number of ether oxygens (including phenoxy) is 2. The van der Waals surface area contributed by atoms with E-state index in [1.807, 2.05) is 26.0 Å². The number of fused-ring (bicyclic) bond motifs is 1. The lowest BCUT2D eigenvalue weighted by molar-refractivity contribution is 0.0840. The monoisotopic (exact) mass is 317 g/mol. The van der Waals surface area contributed by atoms with Gasteiger partial charge < -0.3 is 19.0 Å². The molecule has 3 rings (SSSR count). The Morgan fingerprint density at radius 2 is 1.91 bits per heavy atom. The normalized spacial score (nSPS) is 17.9. The Hall–Kier alpha value is -1.98. The van der Waals surface area contributed by atoms with Gasteiger partial charge in [-0.25, -0.2) is 0 Å². The molecule has 0 spiro atoms. The summed E-state index contributed by atoms with van der Waals surface area (Å²) in [5.41, 5.74) is 2.98. The smallest absolute Gasteiger partial charge is 0.125 e. The molecule has 0 radical (unpaired) electrons. The lowest BCUT2D eigenvalue weighted by Crippen LogP contribution is -2.33. The molecule has 1 aromatic heterocycles. The van der Waals surface area contributed by atoms with E-state index < -0.39 is 6.10 Å². The van der Waals surface area contributed by atoms with E-state index in [4.69, 9.17) is 13.9 Å². The number of nitrogens with zero attached hydrogens (tertiary/aromatic N) is 1. The fraction of sp³-hybridized carbons (Fsp3) is 0.444. The van der Waals surface area contributed by atoms with Gasteiger partial charge in [-0.3, -0.25) is 4.90 Å². The third kappa shape index (κ3) is 2.94. The quantitative estimate of drug-likeness (QED) is 0.939. The van der Waals surface area contributed by atoms with Gasteiger partial charge in [0.05, 0.1) is 20.3 Å². The maximum absolute atomic E-state index is 10.6. The number of furan rings is 1. The van der Waals surface area contributed by atoms with Crippen molar-refractivity contribution < 1.29 is 19.0 Å². The van der Waals surface area contributed by atoms with E-state index in [9.17, 15) is 5.11 Å². The number of methoxy groups -OCH3 is 2. The van der Waals surface area contributed by atoms with Crippen LogP contribution in [0.2, 0.25) is 0 Å². The minimum Gasteiger partial charge on any atom is -0.496 e. The van der Waals surface area contributed by atoms with Crippen molar-refractivity contribution >= 4 is 0 Å². The first kappa shape index (κ1) is 15.9. The van der Waals surface area contributed by atoms with Gasteiger partial charge in [-0.1, -0.05) is 0 Å². The Labute approximate surface area is 136 Å². The van der Waals surface area contributed by atoms with Gasteiger partial charge in [0.1, 0.15) is 23.0 Å². The third-order valence-electron chi connectivity index (χ3n) is 4.40. The summed E-state index contributed by atoms with van der Waals surface area (Å²) in [6, 6.07) is 5.79. The Kier molecular flexibility index (Phi) is 4.33. The average Bonchev–Trinajstić information content (AvgIpc) is 2.83. The molecule has 2 aromatic rings. The number of rotatable bonds is 4. The molecule has 0 amide bonds. The summed E-state index contributed by atoms with van der Waals surface area (Å²) in [5, 5.41) is 10.6. The summed E-state index contributed by atoms with van der Waals surface area (Å²) < 4.78 is 16.5. The largest absolute Gasteiger partial charge is 0.496 e. The Morgan fingerprint density at radius 1 is 1.22 bits per heavy atom. The number of hydrogen-bond donors (Lipinski definition) is 1. The minimum absolute atomic E-state index is 0.556. The lowest BCUT2D eigenvalue weighted by atomic mass is 9.95. The summed E-state index contributed by atoms with van der Waals surface area (Å²) in [5.74, 6) is 3.34. The molecule has 2 heterocycles. The van der Waals surface area contributed by atoms with E-state index in [0.717, 1.165) is 40.5 Å². The Morgan fingerprint density at radius 3 is 2.52 bits per heavy atom. The highest BCUT2D eigenvalue weighted by atomic mass is 16.5. The van der Waals surface area contributed by atoms with Crippen LogP contribution in [0, 0.1) is 13.8 Å². The molecule has 1 aliphatic heterocycles. The van der Waals surface area contributed by atoms with Crippen molar-refractivity contribution in [1.29, 1.82) is 0 Å². The number of aliphatic hydroxyl groups excluding tert-OH is 1. The molecule has 0 saturated heterocycles. The van der Waals surface area contributed by atoms with Crippen LogP contribution in [-0.2, 0) is 13.1 Å². The van der Waals surface area contributed by atoms with Crippen LogP contribution < -0.4 is 9.47 Å². The number of hydrogen-bond acceptors (Lipinski definition) is 5. The number of aryl methyl sites for hydroxylation is 2. The first-order valence-electron chi connectivity index (χ1n) is 7.73. The number of aliphatic hydroxyl groups is 1. The van der Waals surface area contributed by atoms with Crippen LogP contribution in [0.1, 0.15) is 34.3 Å². The van der Waals surface area contributed by atoms with Crippen molar-refractivity contribution in [2.45, 2.75) is 33.0 Å². The van der Waals surface area contributed by atoms with Crippen LogP contribution in [0.15, 0.2) is 22.6 Å². The molecule has 1 unspecified atom stereocenters. The molecule has 5 nitrogen and oxygen atoms in total. The fourth-order valence-corrected chi connectivity index (χ4v) is 3.35. The highest BCUT2D eigenvalue weighted by Crippen LogP contribution is 2.39. The summed E-state index contributed by atoms with van der Waals surface area (Å²) >= 11 is 0. The van der Waals surface area contributed by atoms with Crippen molar-refractivity contribution in [3.63, 3.8) is 0 Å². The van der Waals surface area contributed by atoms with Gasteiger partial charge in [-0.2, -0.15) is 0 Å². The second-order valence-electron chi connectivity index (χ2n) is 5.99. The molecule has 124 valence electrons. The van der Waals surface area contributed by atoms with Crippen LogP contribution in [-0.4, -0.2) is 30.8 Å². The second kappa shape index (κ2) is 6.26. The van der Waals surface area contributed by atoms with Gasteiger partial charge in [0.15, 0.2) is 0 Å².